The number of nitrogens with one attached hydrogen (secondary N) is 2. The Morgan fingerprint density at radius 1 is 0.558 bits per heavy atom. The van der Waals surface area contributed by atoms with Crippen LogP contribution >= 0.6 is 0 Å². The van der Waals surface area contributed by atoms with E-state index >= 15 is 0 Å². The van der Waals surface area contributed by atoms with E-state index in [9.17, 15) is 47.8 Å². The van der Waals surface area contributed by atoms with Gasteiger partial charge in [-0.05, 0) is 94.0 Å². The number of aromatic hydroxyl groups is 1. The molecule has 2 aliphatic heterocycles. The number of aromatic nitrogens is 2. The maximum Gasteiger partial charge on any atom is 0.337 e. The second-order valence-corrected chi connectivity index (χ2v) is 20.4. The number of hydrogen-bond donors (Lipinski definition) is 4. The highest BCUT2D eigenvalue weighted by atomic mass is 19.1. The summed E-state index contributed by atoms with van der Waals surface area (Å²) in [6.45, 7) is 0.732. The van der Waals surface area contributed by atoms with Crippen molar-refractivity contribution in [3.63, 3.8) is 0 Å². The number of phenolic OH excluding ortho intramolecular Hbond substituents is 1. The highest BCUT2D eigenvalue weighted by Gasteiger charge is 2.39. The lowest BCUT2D eigenvalue weighted by molar-refractivity contribution is 0.0598. The van der Waals surface area contributed by atoms with E-state index in [1.54, 1.807) is 96.0 Å². The van der Waals surface area contributed by atoms with Gasteiger partial charge in [0.25, 0.3) is 23.6 Å². The van der Waals surface area contributed by atoms with Crippen molar-refractivity contribution in [2.75, 3.05) is 7.11 Å². The number of carbonyl (C=O) groups excluding carboxylic acids is 5. The van der Waals surface area contributed by atoms with Gasteiger partial charge >= 0.3 is 11.9 Å². The SMILES string of the molecule is COC(=O)c1cccc(CNC(=O)c2c3c(c(OC(c4ccccc4)c4ccccc4)c4ncccc24)C(=O)N(Cc2ccc(F)cc2)C3)c1.O=C(O)c1cccc(CNC(=O)c2c3c(c(O)c4ncccc24)C(=O)N(Cc2ccc(F)cc2)C3)c1. The molecule has 12 rings (SSSR count). The molecule has 428 valence electrons. The van der Waals surface area contributed by atoms with Crippen LogP contribution in [0.25, 0.3) is 21.8 Å². The van der Waals surface area contributed by atoms with Crippen LogP contribution in [-0.4, -0.2) is 72.7 Å². The number of amides is 4. The zero-order valence-corrected chi connectivity index (χ0v) is 46.0. The van der Waals surface area contributed by atoms with E-state index < -0.39 is 41.6 Å². The van der Waals surface area contributed by atoms with E-state index in [1.165, 1.54) is 54.6 Å². The molecule has 2 aromatic heterocycles. The minimum atomic E-state index is -1.07. The standard InChI is InChI=1S/C41H32FN3O5.C27H20FN3O5/c1-49-41(48)30-15-8-10-27(22-30)23-44-39(46)34-32-16-9-21-43-36(32)38(50-37(28-11-4-2-5-12-28)29-13-6-3-7-14-29)35-33(34)25-45(40(35)47)24-26-17-19-31(42)20-18-26;28-18-8-6-15(7-9-18)13-31-14-20-21(19-5-2-10-29-23(19)24(32)22(20)26(31)34)25(33)30-12-16-3-1-4-17(11-16)27(35)36/h2-22,37H,23-25H2,1H3,(H,44,46);1-11,32H,12-14H2,(H,30,33)(H,35,36). The Kier molecular flexibility index (Phi) is 16.3. The first kappa shape index (κ1) is 56.7. The summed E-state index contributed by atoms with van der Waals surface area (Å²) in [6, 6.07) is 51.0. The maximum atomic E-state index is 14.4. The number of ether oxygens (including phenoxy) is 2. The Balaban J connectivity index is 0.000000188. The largest absolute Gasteiger partial charge is 0.505 e. The average Bonchev–Trinajstić information content (AvgIpc) is 1.65. The summed E-state index contributed by atoms with van der Waals surface area (Å²) < 4.78 is 38.8. The molecule has 8 aromatic carbocycles. The Labute approximate surface area is 490 Å². The van der Waals surface area contributed by atoms with Crippen molar-refractivity contribution in [3.8, 4) is 11.5 Å². The molecular weight excluding hydrogens is 1100 g/mol. The molecule has 0 atom stereocenters. The van der Waals surface area contributed by atoms with Gasteiger partial charge in [0.15, 0.2) is 11.5 Å². The van der Waals surface area contributed by atoms with Crippen molar-refractivity contribution in [2.24, 2.45) is 0 Å². The third kappa shape index (κ3) is 11.8. The third-order valence-corrected chi connectivity index (χ3v) is 14.9. The zero-order chi connectivity index (χ0) is 60.0. The molecule has 0 spiro atoms. The summed E-state index contributed by atoms with van der Waals surface area (Å²) >= 11 is 0. The Hall–Kier alpha value is -11.1. The molecule has 0 saturated carbocycles. The van der Waals surface area contributed by atoms with Crippen molar-refractivity contribution in [3.05, 3.63) is 284 Å². The average molecular weight is 1150 g/mol. The summed E-state index contributed by atoms with van der Waals surface area (Å²) in [7, 11) is 1.31. The summed E-state index contributed by atoms with van der Waals surface area (Å²) in [5.41, 5.74) is 7.13. The molecule has 0 saturated heterocycles. The van der Waals surface area contributed by atoms with Crippen LogP contribution in [0.2, 0.25) is 0 Å². The van der Waals surface area contributed by atoms with Crippen molar-refractivity contribution in [2.45, 2.75) is 45.4 Å². The van der Waals surface area contributed by atoms with Gasteiger partial charge in [-0.2, -0.15) is 0 Å². The molecule has 0 aliphatic carbocycles. The number of phenols is 1. The van der Waals surface area contributed by atoms with Gasteiger partial charge in [-0.3, -0.25) is 29.1 Å². The van der Waals surface area contributed by atoms with Gasteiger partial charge in [-0.15, -0.1) is 0 Å². The molecule has 0 fully saturated rings. The first-order valence-electron chi connectivity index (χ1n) is 27.2. The van der Waals surface area contributed by atoms with Crippen LogP contribution in [0.15, 0.2) is 194 Å². The fourth-order valence-electron chi connectivity index (χ4n) is 10.8. The van der Waals surface area contributed by atoms with E-state index in [4.69, 9.17) is 9.47 Å². The Morgan fingerprint density at radius 3 is 1.53 bits per heavy atom. The topological polar surface area (TPSA) is 218 Å². The summed E-state index contributed by atoms with van der Waals surface area (Å²) in [5, 5.41) is 26.8. The van der Waals surface area contributed by atoms with Crippen LogP contribution in [0.1, 0.15) is 113 Å². The number of benzene rings is 8. The van der Waals surface area contributed by atoms with E-state index in [2.05, 4.69) is 20.6 Å². The number of halogens is 2. The first-order chi connectivity index (χ1) is 41.7. The number of fused-ring (bicyclic) bond motifs is 4. The van der Waals surface area contributed by atoms with Gasteiger partial charge < -0.3 is 40.1 Å². The van der Waals surface area contributed by atoms with E-state index in [-0.39, 0.29) is 90.3 Å². The lowest BCUT2D eigenvalue weighted by Gasteiger charge is -2.23. The van der Waals surface area contributed by atoms with Crippen molar-refractivity contribution in [1.29, 1.82) is 0 Å². The molecule has 18 heteroatoms. The molecule has 16 nitrogen and oxygen atoms in total. The smallest absolute Gasteiger partial charge is 0.337 e. The highest BCUT2D eigenvalue weighted by molar-refractivity contribution is 6.17. The summed E-state index contributed by atoms with van der Waals surface area (Å²) in [6.07, 6.45) is 2.48. The van der Waals surface area contributed by atoms with E-state index in [0.29, 0.717) is 55.2 Å². The number of nitrogens with zero attached hydrogens (tertiary/aromatic N) is 4. The summed E-state index contributed by atoms with van der Waals surface area (Å²) in [5.74, 6) is -4.01. The minimum absolute atomic E-state index is 0.0151. The van der Waals surface area contributed by atoms with Gasteiger partial charge in [-0.25, -0.2) is 18.4 Å². The van der Waals surface area contributed by atoms with Crippen molar-refractivity contribution in [1.82, 2.24) is 30.4 Å². The predicted molar refractivity (Wildman–Crippen MR) is 314 cm³/mol. The second-order valence-electron chi connectivity index (χ2n) is 20.4. The third-order valence-electron chi connectivity index (χ3n) is 14.9. The molecule has 10 aromatic rings. The number of carboxylic acids is 1. The zero-order valence-electron chi connectivity index (χ0n) is 46.0. The lowest BCUT2D eigenvalue weighted by Crippen LogP contribution is -2.25. The number of esters is 1. The van der Waals surface area contributed by atoms with Crippen LogP contribution in [0.4, 0.5) is 8.78 Å². The normalized spacial score (nSPS) is 12.4. The van der Waals surface area contributed by atoms with Gasteiger partial charge in [0, 0.05) is 73.6 Å². The predicted octanol–water partition coefficient (Wildman–Crippen LogP) is 11.3. The minimum Gasteiger partial charge on any atom is -0.505 e. The first-order valence-corrected chi connectivity index (χ1v) is 27.2. The van der Waals surface area contributed by atoms with Gasteiger partial charge in [0.05, 0.1) is 40.5 Å². The fourth-order valence-corrected chi connectivity index (χ4v) is 10.8. The number of hydrogen-bond acceptors (Lipinski definition) is 11. The van der Waals surface area contributed by atoms with E-state index in [1.807, 2.05) is 60.7 Å². The van der Waals surface area contributed by atoms with Crippen LogP contribution < -0.4 is 15.4 Å². The number of aromatic carboxylic acids is 1. The number of carboxylic acid groups (broad SMARTS) is 1. The molecule has 4 N–H and O–H groups in total. The monoisotopic (exact) mass is 1150 g/mol. The van der Waals surface area contributed by atoms with Crippen molar-refractivity contribution < 1.29 is 57.2 Å². The number of methoxy groups -OCH3 is 1. The van der Waals surface area contributed by atoms with Crippen LogP contribution in [-0.2, 0) is 44.0 Å². The highest BCUT2D eigenvalue weighted by Crippen LogP contribution is 2.44. The Morgan fingerprint density at radius 2 is 1.02 bits per heavy atom. The lowest BCUT2D eigenvalue weighted by atomic mass is 9.95. The molecule has 2 aliphatic rings. The molecule has 0 bridgehead atoms. The maximum absolute atomic E-state index is 14.4. The molecular formula is C68H52F2N6O10. The van der Waals surface area contributed by atoms with E-state index in [0.717, 1.165) is 16.7 Å². The second kappa shape index (κ2) is 24.8. The van der Waals surface area contributed by atoms with Crippen LogP contribution in [0.5, 0.6) is 11.5 Å². The van der Waals surface area contributed by atoms with Gasteiger partial charge in [-0.1, -0.05) is 121 Å². The quantitative estimate of drug-likeness (QED) is 0.0665. The number of carbonyl (C=O) groups is 6. The van der Waals surface area contributed by atoms with Crippen LogP contribution in [0.3, 0.4) is 0 Å². The molecule has 0 radical (unpaired) electrons. The fraction of sp³-hybridized carbons (Fsp3) is 0.118. The molecule has 86 heavy (non-hydrogen) atoms. The van der Waals surface area contributed by atoms with Gasteiger partial charge in [0.1, 0.15) is 28.8 Å². The Bertz CT molecular complexity index is 4240. The molecule has 4 amide bonds. The number of rotatable bonds is 16. The van der Waals surface area contributed by atoms with Crippen LogP contribution in [0, 0.1) is 11.6 Å². The number of pyridine rings is 2. The van der Waals surface area contributed by atoms with Crippen molar-refractivity contribution >= 4 is 57.4 Å². The van der Waals surface area contributed by atoms with Gasteiger partial charge in [0.2, 0.25) is 0 Å². The molecule has 0 unspecified atom stereocenters. The summed E-state index contributed by atoms with van der Waals surface area (Å²) in [4.78, 5) is 90.7. The molecule has 4 heterocycles.